The van der Waals surface area contributed by atoms with Crippen LogP contribution in [0.2, 0.25) is 0 Å². The predicted molar refractivity (Wildman–Crippen MR) is 77.9 cm³/mol. The van der Waals surface area contributed by atoms with E-state index in [0.717, 1.165) is 4.68 Å². The Bertz CT molecular complexity index is 732. The van der Waals surface area contributed by atoms with E-state index in [1.165, 1.54) is 24.7 Å². The summed E-state index contributed by atoms with van der Waals surface area (Å²) in [4.78, 5) is 10.5. The maximum Gasteiger partial charge on any atom is 0.282 e. The minimum atomic E-state index is -0.533. The number of nitrogens with one attached hydrogen (secondary N) is 1. The second kappa shape index (κ2) is 6.13. The average Bonchev–Trinajstić information content (AvgIpc) is 3.06. The average molecular weight is 328 g/mol. The van der Waals surface area contributed by atoms with E-state index in [1.807, 2.05) is 0 Å². The van der Waals surface area contributed by atoms with Gasteiger partial charge in [0.1, 0.15) is 6.33 Å². The molecule has 1 aromatic heterocycles. The van der Waals surface area contributed by atoms with Gasteiger partial charge in [-0.3, -0.25) is 10.1 Å². The number of anilines is 1. The first-order valence-corrected chi connectivity index (χ1v) is 5.67. The van der Waals surface area contributed by atoms with Crippen molar-refractivity contribution in [2.75, 3.05) is 18.1 Å². The number of nitro benzene ring substituents is 1. The highest BCUT2D eigenvalue weighted by Gasteiger charge is 2.22. The molecule has 12 heteroatoms. The van der Waals surface area contributed by atoms with Crippen molar-refractivity contribution in [2.24, 2.45) is 5.10 Å². The van der Waals surface area contributed by atoms with Crippen molar-refractivity contribution in [3.8, 4) is 11.5 Å². The Labute approximate surface area is 129 Å². The van der Waals surface area contributed by atoms with Crippen molar-refractivity contribution in [1.29, 1.82) is 0 Å². The smallest absolute Gasteiger partial charge is 0.282 e. The fourth-order valence-corrected chi connectivity index (χ4v) is 1.69. The van der Waals surface area contributed by atoms with E-state index in [9.17, 15) is 10.1 Å². The third kappa shape index (κ3) is 2.83. The zero-order valence-electron chi connectivity index (χ0n) is 10.9. The first-order valence-electron chi connectivity index (χ1n) is 5.67. The molecule has 116 valence electrons. The molecule has 11 nitrogen and oxygen atoms in total. The second-order valence-electron chi connectivity index (χ2n) is 3.95. The number of fused-ring (bicyclic) bond motifs is 1. The summed E-state index contributed by atoms with van der Waals surface area (Å²) in [6.45, 7) is 0.0294. The van der Waals surface area contributed by atoms with Crippen molar-refractivity contribution in [2.45, 2.75) is 0 Å². The number of nitrogen functional groups attached to an aromatic ring is 1. The lowest BCUT2D eigenvalue weighted by atomic mass is 10.1. The van der Waals surface area contributed by atoms with Gasteiger partial charge in [-0.05, 0) is 6.07 Å². The van der Waals surface area contributed by atoms with Gasteiger partial charge in [0.2, 0.25) is 6.79 Å². The molecule has 3 rings (SSSR count). The molecule has 0 spiro atoms. The first kappa shape index (κ1) is 15.3. The standard InChI is InChI=1S/C10H9N7O4.ClH/c11-16-4-13-15-10(16)14-12-3-6-1-8-9(21-5-20-8)2-7(6)17(18)19;/h1-4H,5,11H2,(H,14,15);1H/b12-3+;. The van der Waals surface area contributed by atoms with Gasteiger partial charge in [-0.2, -0.15) is 5.10 Å². The monoisotopic (exact) mass is 327 g/mol. The van der Waals surface area contributed by atoms with E-state index in [4.69, 9.17) is 15.3 Å². The number of rotatable bonds is 4. The molecule has 22 heavy (non-hydrogen) atoms. The summed E-state index contributed by atoms with van der Waals surface area (Å²) in [6.07, 6.45) is 2.54. The largest absolute Gasteiger partial charge is 0.454 e. The molecule has 0 amide bonds. The molecule has 0 atom stereocenters. The minimum absolute atomic E-state index is 0. The quantitative estimate of drug-likeness (QED) is 0.357. The first-order chi connectivity index (χ1) is 10.1. The van der Waals surface area contributed by atoms with Crippen LogP contribution in [0.15, 0.2) is 23.6 Å². The number of benzene rings is 1. The molecule has 0 saturated carbocycles. The number of halogens is 1. The highest BCUT2D eigenvalue weighted by atomic mass is 35.5. The van der Waals surface area contributed by atoms with Crippen molar-refractivity contribution in [1.82, 2.24) is 14.9 Å². The Morgan fingerprint density at radius 3 is 2.82 bits per heavy atom. The molecule has 0 aliphatic carbocycles. The van der Waals surface area contributed by atoms with Crippen LogP contribution in [0.5, 0.6) is 11.5 Å². The van der Waals surface area contributed by atoms with Crippen LogP contribution in [0.1, 0.15) is 5.56 Å². The van der Waals surface area contributed by atoms with Gasteiger partial charge >= 0.3 is 0 Å². The topological polar surface area (TPSA) is 143 Å². The third-order valence-corrected chi connectivity index (χ3v) is 2.66. The molecule has 2 heterocycles. The Hall–Kier alpha value is -3.08. The highest BCUT2D eigenvalue weighted by molar-refractivity contribution is 5.87. The van der Waals surface area contributed by atoms with Crippen LogP contribution < -0.4 is 20.7 Å². The lowest BCUT2D eigenvalue weighted by molar-refractivity contribution is -0.385. The van der Waals surface area contributed by atoms with E-state index in [0.29, 0.717) is 11.5 Å². The van der Waals surface area contributed by atoms with E-state index >= 15 is 0 Å². The molecule has 1 aromatic carbocycles. The molecule has 1 aliphatic rings. The van der Waals surface area contributed by atoms with Gasteiger partial charge in [0.05, 0.1) is 22.8 Å². The van der Waals surface area contributed by atoms with Gasteiger partial charge < -0.3 is 15.3 Å². The summed E-state index contributed by atoms with van der Waals surface area (Å²) in [6, 6.07) is 2.76. The summed E-state index contributed by atoms with van der Waals surface area (Å²) in [7, 11) is 0. The second-order valence-corrected chi connectivity index (χ2v) is 3.95. The summed E-state index contributed by atoms with van der Waals surface area (Å²) in [5.41, 5.74) is 2.61. The van der Waals surface area contributed by atoms with Gasteiger partial charge in [0, 0.05) is 0 Å². The molecule has 1 aliphatic heterocycles. The van der Waals surface area contributed by atoms with Crippen molar-refractivity contribution < 1.29 is 14.4 Å². The Morgan fingerprint density at radius 1 is 1.45 bits per heavy atom. The van der Waals surface area contributed by atoms with E-state index < -0.39 is 4.92 Å². The molecule has 0 bridgehead atoms. The number of nitro groups is 1. The fourth-order valence-electron chi connectivity index (χ4n) is 1.69. The molecular formula is C10H10ClN7O4. The van der Waals surface area contributed by atoms with Gasteiger partial charge in [-0.1, -0.05) is 0 Å². The van der Waals surface area contributed by atoms with Crippen molar-refractivity contribution in [3.63, 3.8) is 0 Å². The van der Waals surface area contributed by atoms with E-state index in [2.05, 4.69) is 20.7 Å². The molecule has 0 unspecified atom stereocenters. The number of hydrogen-bond donors (Lipinski definition) is 2. The van der Waals surface area contributed by atoms with Gasteiger partial charge in [-0.25, -0.2) is 10.1 Å². The number of hydrogen-bond acceptors (Lipinski definition) is 9. The van der Waals surface area contributed by atoms with Crippen LogP contribution in [0.25, 0.3) is 0 Å². The van der Waals surface area contributed by atoms with Gasteiger partial charge in [0.25, 0.3) is 11.6 Å². The van der Waals surface area contributed by atoms with Crippen LogP contribution >= 0.6 is 12.4 Å². The van der Waals surface area contributed by atoms with Crippen LogP contribution in [-0.2, 0) is 0 Å². The number of nitrogens with two attached hydrogens (primary N) is 1. The van der Waals surface area contributed by atoms with Crippen LogP contribution in [0.4, 0.5) is 11.6 Å². The molecule has 2 aromatic rings. The molecule has 0 saturated heterocycles. The molecule has 0 fully saturated rings. The SMILES string of the molecule is Cl.Nn1cnnc1N/N=C/c1cc2c(cc1[N+](=O)[O-])OCO2. The molecule has 0 radical (unpaired) electrons. The number of nitrogens with zero attached hydrogens (tertiary/aromatic N) is 5. The van der Waals surface area contributed by atoms with E-state index in [-0.39, 0.29) is 36.4 Å². The summed E-state index contributed by atoms with van der Waals surface area (Å²) >= 11 is 0. The Kier molecular flexibility index (Phi) is 4.27. The molecule has 3 N–H and O–H groups in total. The minimum Gasteiger partial charge on any atom is -0.454 e. The predicted octanol–water partition coefficient (Wildman–Crippen LogP) is 0.497. The summed E-state index contributed by atoms with van der Waals surface area (Å²) in [5.74, 6) is 6.42. The zero-order chi connectivity index (χ0) is 14.8. The molecular weight excluding hydrogens is 318 g/mol. The summed E-state index contributed by atoms with van der Waals surface area (Å²) < 4.78 is 11.4. The van der Waals surface area contributed by atoms with Crippen LogP contribution in [-0.4, -0.2) is 32.8 Å². The lowest BCUT2D eigenvalue weighted by Gasteiger charge is -2.01. The van der Waals surface area contributed by atoms with Crippen molar-refractivity contribution >= 4 is 30.3 Å². The maximum atomic E-state index is 11.0. The highest BCUT2D eigenvalue weighted by Crippen LogP contribution is 2.37. The number of ether oxygens (including phenoxy) is 2. The fraction of sp³-hybridized carbons (Fsp3) is 0.100. The third-order valence-electron chi connectivity index (χ3n) is 2.66. The van der Waals surface area contributed by atoms with Crippen molar-refractivity contribution in [3.05, 3.63) is 34.1 Å². The van der Waals surface area contributed by atoms with Crippen LogP contribution in [0, 0.1) is 10.1 Å². The van der Waals surface area contributed by atoms with Gasteiger partial charge in [-0.15, -0.1) is 22.6 Å². The maximum absolute atomic E-state index is 11.0. The number of aromatic nitrogens is 3. The summed E-state index contributed by atoms with van der Waals surface area (Å²) in [5, 5.41) is 22.1. The van der Waals surface area contributed by atoms with Crippen LogP contribution in [0.3, 0.4) is 0 Å². The lowest BCUT2D eigenvalue weighted by Crippen LogP contribution is -2.10. The van der Waals surface area contributed by atoms with E-state index in [1.54, 1.807) is 0 Å². The zero-order valence-corrected chi connectivity index (χ0v) is 11.7. The normalized spacial score (nSPS) is 12.2. The number of hydrazone groups is 1. The van der Waals surface area contributed by atoms with Gasteiger partial charge in [0.15, 0.2) is 11.5 Å². The Balaban J connectivity index is 0.00000176. The Morgan fingerprint density at radius 2 is 2.18 bits per heavy atom.